The minimum Gasteiger partial charge on any atom is -0.371 e. The van der Waals surface area contributed by atoms with Gasteiger partial charge in [-0.05, 0) is 17.7 Å². The third-order valence-corrected chi connectivity index (χ3v) is 5.42. The van der Waals surface area contributed by atoms with Crippen LogP contribution < -0.4 is 10.6 Å². The highest BCUT2D eigenvalue weighted by Gasteiger charge is 2.49. The molecule has 9 nitrogen and oxygen atoms in total. The minimum absolute atomic E-state index is 0.0980. The van der Waals surface area contributed by atoms with E-state index in [1.165, 1.54) is 0 Å². The first-order valence-electron chi connectivity index (χ1n) is 9.93. The largest absolute Gasteiger partial charge is 0.371 e. The van der Waals surface area contributed by atoms with Crippen molar-refractivity contribution in [2.45, 2.75) is 30.8 Å². The lowest BCUT2D eigenvalue weighted by Crippen LogP contribution is -2.48. The van der Waals surface area contributed by atoms with Crippen LogP contribution in [0.1, 0.15) is 11.6 Å². The Morgan fingerprint density at radius 2 is 1.87 bits per heavy atom. The molecular weight excluding hydrogens is 384 g/mol. The molecule has 2 aliphatic rings. The van der Waals surface area contributed by atoms with Gasteiger partial charge in [0.2, 0.25) is 0 Å². The van der Waals surface area contributed by atoms with Crippen molar-refractivity contribution in [3.8, 4) is 11.4 Å². The molecular formula is C21H22N6O3. The van der Waals surface area contributed by atoms with Gasteiger partial charge in [0, 0.05) is 12.7 Å². The third kappa shape index (κ3) is 3.77. The van der Waals surface area contributed by atoms with Gasteiger partial charge < -0.3 is 20.1 Å². The van der Waals surface area contributed by atoms with E-state index in [0.29, 0.717) is 25.5 Å². The third-order valence-electron chi connectivity index (χ3n) is 5.42. The number of nitrogens with zero attached hydrogens (tertiary/aromatic N) is 4. The molecule has 0 saturated carbocycles. The highest BCUT2D eigenvalue weighted by atomic mass is 16.6. The van der Waals surface area contributed by atoms with Crippen LogP contribution in [-0.4, -0.2) is 57.5 Å². The number of carbonyl (C=O) groups excluding carboxylic acids is 1. The van der Waals surface area contributed by atoms with Crippen molar-refractivity contribution in [2.75, 3.05) is 13.2 Å². The molecule has 4 heterocycles. The molecule has 0 aliphatic carbocycles. The predicted molar refractivity (Wildman–Crippen MR) is 107 cm³/mol. The molecule has 2 aliphatic heterocycles. The summed E-state index contributed by atoms with van der Waals surface area (Å²) in [4.78, 5) is 16.6. The first-order valence-corrected chi connectivity index (χ1v) is 9.93. The fourth-order valence-electron chi connectivity index (χ4n) is 3.90. The van der Waals surface area contributed by atoms with Crippen molar-refractivity contribution < 1.29 is 14.3 Å². The summed E-state index contributed by atoms with van der Waals surface area (Å²) in [5.41, 5.74) is 2.51. The predicted octanol–water partition coefficient (Wildman–Crippen LogP) is 1.55. The maximum atomic E-state index is 12.3. The SMILES string of the molecule is O=C(NCc1ccccc1)N[C@H]1CO[C@H]2[C@@H]1OC[C@@H]2n1cc(-c2ccccn2)nn1. The van der Waals surface area contributed by atoms with Crippen LogP contribution >= 0.6 is 0 Å². The van der Waals surface area contributed by atoms with Crippen molar-refractivity contribution in [1.29, 1.82) is 0 Å². The van der Waals surface area contributed by atoms with Crippen LogP contribution in [0.15, 0.2) is 60.9 Å². The molecule has 2 amide bonds. The summed E-state index contributed by atoms with van der Waals surface area (Å²) in [6, 6.07) is 14.9. The molecule has 1 aromatic carbocycles. The molecule has 4 atom stereocenters. The number of urea groups is 1. The number of benzene rings is 1. The Kier molecular flexibility index (Phi) is 5.12. The zero-order valence-corrected chi connectivity index (χ0v) is 16.2. The number of hydrogen-bond acceptors (Lipinski definition) is 6. The Balaban J connectivity index is 1.19. The number of aromatic nitrogens is 4. The average molecular weight is 406 g/mol. The van der Waals surface area contributed by atoms with Crippen molar-refractivity contribution >= 4 is 6.03 Å². The van der Waals surface area contributed by atoms with Gasteiger partial charge in [-0.1, -0.05) is 41.6 Å². The number of pyridine rings is 1. The average Bonchev–Trinajstić information content (AvgIpc) is 3.51. The van der Waals surface area contributed by atoms with Crippen molar-refractivity contribution in [3.63, 3.8) is 0 Å². The number of nitrogens with one attached hydrogen (secondary N) is 2. The van der Waals surface area contributed by atoms with Crippen LogP contribution in [0.4, 0.5) is 4.79 Å². The summed E-state index contributed by atoms with van der Waals surface area (Å²) in [7, 11) is 0. The van der Waals surface area contributed by atoms with E-state index >= 15 is 0 Å². The van der Waals surface area contributed by atoms with Gasteiger partial charge in [-0.2, -0.15) is 0 Å². The maximum absolute atomic E-state index is 12.3. The number of fused-ring (bicyclic) bond motifs is 1. The number of ether oxygens (including phenoxy) is 2. The van der Waals surface area contributed by atoms with Crippen LogP contribution in [0, 0.1) is 0 Å². The molecule has 2 saturated heterocycles. The maximum Gasteiger partial charge on any atom is 0.315 e. The fourth-order valence-corrected chi connectivity index (χ4v) is 3.90. The van der Waals surface area contributed by atoms with Crippen molar-refractivity contribution in [2.24, 2.45) is 0 Å². The number of carbonyl (C=O) groups is 1. The molecule has 0 radical (unpaired) electrons. The van der Waals surface area contributed by atoms with E-state index in [4.69, 9.17) is 9.47 Å². The molecule has 3 aromatic rings. The van der Waals surface area contributed by atoms with Crippen LogP contribution in [0.25, 0.3) is 11.4 Å². The molecule has 0 unspecified atom stereocenters. The Bertz CT molecular complexity index is 996. The van der Waals surface area contributed by atoms with Crippen LogP contribution in [-0.2, 0) is 16.0 Å². The van der Waals surface area contributed by atoms with Gasteiger partial charge in [-0.3, -0.25) is 4.98 Å². The van der Waals surface area contributed by atoms with E-state index in [2.05, 4.69) is 25.9 Å². The lowest BCUT2D eigenvalue weighted by Gasteiger charge is -2.18. The molecule has 154 valence electrons. The summed E-state index contributed by atoms with van der Waals surface area (Å²) >= 11 is 0. The molecule has 0 bridgehead atoms. The summed E-state index contributed by atoms with van der Waals surface area (Å²) in [6.07, 6.45) is 3.17. The van der Waals surface area contributed by atoms with E-state index < -0.39 is 0 Å². The van der Waals surface area contributed by atoms with Gasteiger partial charge >= 0.3 is 6.03 Å². The second-order valence-corrected chi connectivity index (χ2v) is 7.38. The minimum atomic E-state index is -0.238. The highest BCUT2D eigenvalue weighted by molar-refractivity contribution is 5.74. The van der Waals surface area contributed by atoms with E-state index in [1.807, 2.05) is 54.7 Å². The van der Waals surface area contributed by atoms with Gasteiger partial charge in [-0.15, -0.1) is 5.10 Å². The van der Waals surface area contributed by atoms with Gasteiger partial charge in [-0.25, -0.2) is 9.48 Å². The fraction of sp³-hybridized carbons (Fsp3) is 0.333. The smallest absolute Gasteiger partial charge is 0.315 e. The Morgan fingerprint density at radius 1 is 1.03 bits per heavy atom. The quantitative estimate of drug-likeness (QED) is 0.666. The lowest BCUT2D eigenvalue weighted by molar-refractivity contribution is 0.0622. The molecule has 2 aromatic heterocycles. The molecule has 30 heavy (non-hydrogen) atoms. The lowest BCUT2D eigenvalue weighted by atomic mass is 10.1. The first-order chi connectivity index (χ1) is 14.8. The van der Waals surface area contributed by atoms with Crippen LogP contribution in [0.5, 0.6) is 0 Å². The van der Waals surface area contributed by atoms with Gasteiger partial charge in [0.1, 0.15) is 23.9 Å². The number of hydrogen-bond donors (Lipinski definition) is 2. The standard InChI is InChI=1S/C21H22N6O3/c28-21(23-10-14-6-2-1-3-7-14)24-17-12-29-20-18(13-30-19(17)20)27-11-16(25-26-27)15-8-4-5-9-22-15/h1-9,11,17-20H,10,12-13H2,(H2,23,24,28)/t17-,18-,19+,20+/m0/s1. The molecule has 2 N–H and O–H groups in total. The Labute approximate surface area is 173 Å². The first kappa shape index (κ1) is 18.7. The van der Waals surface area contributed by atoms with Gasteiger partial charge in [0.25, 0.3) is 0 Å². The molecule has 5 rings (SSSR count). The summed E-state index contributed by atoms with van der Waals surface area (Å²) in [5.74, 6) is 0. The van der Waals surface area contributed by atoms with E-state index in [-0.39, 0.29) is 30.3 Å². The molecule has 9 heteroatoms. The zero-order valence-electron chi connectivity index (χ0n) is 16.2. The summed E-state index contributed by atoms with van der Waals surface area (Å²) in [5, 5.41) is 14.3. The Hall–Kier alpha value is -3.30. The summed E-state index contributed by atoms with van der Waals surface area (Å²) in [6.45, 7) is 1.31. The van der Waals surface area contributed by atoms with Crippen molar-refractivity contribution in [1.82, 2.24) is 30.6 Å². The monoisotopic (exact) mass is 406 g/mol. The number of amides is 2. The highest BCUT2D eigenvalue weighted by Crippen LogP contribution is 2.34. The zero-order chi connectivity index (χ0) is 20.3. The van der Waals surface area contributed by atoms with E-state index in [1.54, 1.807) is 10.9 Å². The number of rotatable bonds is 5. The second kappa shape index (κ2) is 8.21. The normalized spacial score (nSPS) is 25.1. The van der Waals surface area contributed by atoms with Crippen LogP contribution in [0.3, 0.4) is 0 Å². The molecule has 2 fully saturated rings. The Morgan fingerprint density at radius 3 is 2.70 bits per heavy atom. The topological polar surface area (TPSA) is 103 Å². The van der Waals surface area contributed by atoms with E-state index in [9.17, 15) is 4.79 Å². The van der Waals surface area contributed by atoms with Crippen LogP contribution in [0.2, 0.25) is 0 Å². The van der Waals surface area contributed by atoms with Crippen molar-refractivity contribution in [3.05, 3.63) is 66.5 Å². The van der Waals surface area contributed by atoms with E-state index in [0.717, 1.165) is 11.3 Å². The second-order valence-electron chi connectivity index (χ2n) is 7.38. The van der Waals surface area contributed by atoms with Gasteiger partial charge in [0.15, 0.2) is 0 Å². The molecule has 0 spiro atoms. The summed E-state index contributed by atoms with van der Waals surface area (Å²) < 4.78 is 13.7. The van der Waals surface area contributed by atoms with Gasteiger partial charge in [0.05, 0.1) is 31.1 Å².